The minimum Gasteiger partial charge on any atom is -0.361 e. The molecule has 1 saturated heterocycles. The van der Waals surface area contributed by atoms with Crippen LogP contribution in [0.15, 0.2) is 60.8 Å². The molecule has 3 aromatic rings. The Bertz CT molecular complexity index is 871. The van der Waals surface area contributed by atoms with Gasteiger partial charge in [-0.3, -0.25) is 9.69 Å². The Kier molecular flexibility index (Phi) is 5.02. The van der Waals surface area contributed by atoms with Gasteiger partial charge in [-0.1, -0.05) is 48.5 Å². The first-order valence-corrected chi connectivity index (χ1v) is 9.38. The third-order valence-electron chi connectivity index (χ3n) is 5.18. The maximum Gasteiger partial charge on any atom is 0.220 e. The molecule has 1 amide bonds. The molecule has 1 aliphatic heterocycles. The Balaban J connectivity index is 1.25. The zero-order valence-electron chi connectivity index (χ0n) is 14.9. The molecule has 1 atom stereocenters. The van der Waals surface area contributed by atoms with Gasteiger partial charge in [0.25, 0.3) is 0 Å². The smallest absolute Gasteiger partial charge is 0.220 e. The molecule has 134 valence electrons. The van der Waals surface area contributed by atoms with Crippen LogP contribution in [-0.2, 0) is 17.8 Å². The van der Waals surface area contributed by atoms with E-state index < -0.39 is 0 Å². The molecule has 0 bridgehead atoms. The van der Waals surface area contributed by atoms with Crippen LogP contribution in [0, 0.1) is 0 Å². The molecule has 1 aliphatic rings. The SMILES string of the molecule is O=C(CCc1c[nH]c2ccccc12)N[C@@H]1CCN(Cc2ccccc2)C1. The van der Waals surface area contributed by atoms with Crippen molar-refractivity contribution in [3.8, 4) is 0 Å². The number of aryl methyl sites for hydroxylation is 1. The van der Waals surface area contributed by atoms with Crippen LogP contribution in [0.4, 0.5) is 0 Å². The van der Waals surface area contributed by atoms with Crippen molar-refractivity contribution >= 4 is 16.8 Å². The van der Waals surface area contributed by atoms with Crippen LogP contribution in [0.3, 0.4) is 0 Å². The molecule has 0 unspecified atom stereocenters. The predicted octanol–water partition coefficient (Wildman–Crippen LogP) is 3.49. The van der Waals surface area contributed by atoms with Gasteiger partial charge >= 0.3 is 0 Å². The van der Waals surface area contributed by atoms with Crippen LogP contribution < -0.4 is 5.32 Å². The van der Waals surface area contributed by atoms with Gasteiger partial charge in [-0.15, -0.1) is 0 Å². The maximum absolute atomic E-state index is 12.4. The van der Waals surface area contributed by atoms with Crippen molar-refractivity contribution in [1.82, 2.24) is 15.2 Å². The fourth-order valence-corrected chi connectivity index (χ4v) is 3.82. The standard InChI is InChI=1S/C22H25N3O/c26-22(11-10-18-14-23-21-9-5-4-8-20(18)21)24-19-12-13-25(16-19)15-17-6-2-1-3-7-17/h1-9,14,19,23H,10-13,15-16H2,(H,24,26)/t19-/m1/s1. The van der Waals surface area contributed by atoms with Crippen molar-refractivity contribution in [1.29, 1.82) is 0 Å². The summed E-state index contributed by atoms with van der Waals surface area (Å²) in [6.45, 7) is 2.94. The largest absolute Gasteiger partial charge is 0.361 e. The Morgan fingerprint density at radius 1 is 1.12 bits per heavy atom. The number of nitrogens with one attached hydrogen (secondary N) is 2. The number of aromatic amines is 1. The minimum atomic E-state index is 0.154. The Morgan fingerprint density at radius 2 is 1.92 bits per heavy atom. The van der Waals surface area contributed by atoms with Gasteiger partial charge in [0.1, 0.15) is 0 Å². The number of rotatable bonds is 6. The zero-order valence-corrected chi connectivity index (χ0v) is 14.9. The van der Waals surface area contributed by atoms with E-state index in [4.69, 9.17) is 0 Å². The van der Waals surface area contributed by atoms with Gasteiger partial charge in [-0.05, 0) is 30.0 Å². The number of nitrogens with zero attached hydrogens (tertiary/aromatic N) is 1. The number of para-hydroxylation sites is 1. The summed E-state index contributed by atoms with van der Waals surface area (Å²) >= 11 is 0. The van der Waals surface area contributed by atoms with Crippen molar-refractivity contribution in [3.63, 3.8) is 0 Å². The Morgan fingerprint density at radius 3 is 2.81 bits per heavy atom. The van der Waals surface area contributed by atoms with Crippen LogP contribution in [0.5, 0.6) is 0 Å². The highest BCUT2D eigenvalue weighted by atomic mass is 16.1. The minimum absolute atomic E-state index is 0.154. The third-order valence-corrected chi connectivity index (χ3v) is 5.18. The summed E-state index contributed by atoms with van der Waals surface area (Å²) in [4.78, 5) is 18.0. The number of carbonyl (C=O) groups is 1. The van der Waals surface area contributed by atoms with Crippen molar-refractivity contribution in [2.75, 3.05) is 13.1 Å². The third kappa shape index (κ3) is 3.97. The van der Waals surface area contributed by atoms with Crippen molar-refractivity contribution in [2.24, 2.45) is 0 Å². The number of aromatic nitrogens is 1. The summed E-state index contributed by atoms with van der Waals surface area (Å²) in [5.41, 5.74) is 3.68. The Labute approximate surface area is 154 Å². The highest BCUT2D eigenvalue weighted by Crippen LogP contribution is 2.19. The van der Waals surface area contributed by atoms with Gasteiger partial charge in [0.15, 0.2) is 0 Å². The van der Waals surface area contributed by atoms with Gasteiger partial charge in [0, 0.05) is 49.2 Å². The number of fused-ring (bicyclic) bond motifs is 1. The first kappa shape index (κ1) is 16.9. The normalized spacial score (nSPS) is 17.6. The molecule has 0 saturated carbocycles. The fraction of sp³-hybridized carbons (Fsp3) is 0.318. The molecule has 2 heterocycles. The summed E-state index contributed by atoms with van der Waals surface area (Å²) in [6.07, 6.45) is 4.37. The number of amides is 1. The number of carbonyl (C=O) groups excluding carboxylic acids is 1. The van der Waals surface area contributed by atoms with Gasteiger partial charge in [0.05, 0.1) is 0 Å². The van der Waals surface area contributed by atoms with Crippen molar-refractivity contribution in [3.05, 3.63) is 71.9 Å². The van der Waals surface area contributed by atoms with Crippen LogP contribution in [0.25, 0.3) is 10.9 Å². The molecular weight excluding hydrogens is 322 g/mol. The first-order valence-electron chi connectivity index (χ1n) is 9.38. The predicted molar refractivity (Wildman–Crippen MR) is 105 cm³/mol. The van der Waals surface area contributed by atoms with E-state index in [1.807, 2.05) is 24.4 Å². The molecule has 4 nitrogen and oxygen atoms in total. The highest BCUT2D eigenvalue weighted by Gasteiger charge is 2.23. The number of H-pyrrole nitrogens is 1. The van der Waals surface area contributed by atoms with Crippen LogP contribution in [-0.4, -0.2) is 34.9 Å². The molecule has 2 N–H and O–H groups in total. The molecule has 4 heteroatoms. The summed E-state index contributed by atoms with van der Waals surface area (Å²) in [6, 6.07) is 19.0. The van der Waals surface area contributed by atoms with E-state index in [-0.39, 0.29) is 11.9 Å². The number of hydrogen-bond donors (Lipinski definition) is 2. The van der Waals surface area contributed by atoms with Gasteiger partial charge < -0.3 is 10.3 Å². The van der Waals surface area contributed by atoms with Crippen molar-refractivity contribution in [2.45, 2.75) is 31.8 Å². The molecule has 1 aromatic heterocycles. The lowest BCUT2D eigenvalue weighted by molar-refractivity contribution is -0.121. The van der Waals surface area contributed by atoms with E-state index >= 15 is 0 Å². The van der Waals surface area contributed by atoms with Gasteiger partial charge in [0.2, 0.25) is 5.91 Å². The second kappa shape index (κ2) is 7.75. The molecule has 4 rings (SSSR count). The fourth-order valence-electron chi connectivity index (χ4n) is 3.82. The molecule has 0 radical (unpaired) electrons. The average molecular weight is 347 g/mol. The molecule has 2 aromatic carbocycles. The summed E-state index contributed by atoms with van der Waals surface area (Å²) in [7, 11) is 0. The second-order valence-electron chi connectivity index (χ2n) is 7.13. The van der Waals surface area contributed by atoms with Gasteiger partial charge in [-0.25, -0.2) is 0 Å². The number of hydrogen-bond acceptors (Lipinski definition) is 2. The molecule has 1 fully saturated rings. The summed E-state index contributed by atoms with van der Waals surface area (Å²) in [5, 5.41) is 4.43. The second-order valence-corrected chi connectivity index (χ2v) is 7.13. The topological polar surface area (TPSA) is 48.1 Å². The van der Waals surface area contributed by atoms with E-state index in [0.717, 1.165) is 38.0 Å². The maximum atomic E-state index is 12.4. The van der Waals surface area contributed by atoms with Crippen LogP contribution in [0.1, 0.15) is 24.0 Å². The lowest BCUT2D eigenvalue weighted by atomic mass is 10.1. The molecule has 0 aliphatic carbocycles. The first-order chi connectivity index (χ1) is 12.8. The zero-order chi connectivity index (χ0) is 17.8. The van der Waals surface area contributed by atoms with E-state index in [0.29, 0.717) is 6.42 Å². The number of benzene rings is 2. The molecular formula is C22H25N3O. The summed E-state index contributed by atoms with van der Waals surface area (Å²) < 4.78 is 0. The lowest BCUT2D eigenvalue weighted by Crippen LogP contribution is -2.37. The van der Waals surface area contributed by atoms with E-state index in [1.54, 1.807) is 0 Å². The number of likely N-dealkylation sites (tertiary alicyclic amines) is 1. The summed E-state index contributed by atoms with van der Waals surface area (Å²) in [5.74, 6) is 0.154. The molecule has 26 heavy (non-hydrogen) atoms. The average Bonchev–Trinajstić information content (AvgIpc) is 3.28. The van der Waals surface area contributed by atoms with Crippen molar-refractivity contribution < 1.29 is 4.79 Å². The highest BCUT2D eigenvalue weighted by molar-refractivity contribution is 5.84. The van der Waals surface area contributed by atoms with E-state index in [1.165, 1.54) is 16.5 Å². The van der Waals surface area contributed by atoms with Crippen LogP contribution >= 0.6 is 0 Å². The van der Waals surface area contributed by atoms with Gasteiger partial charge in [-0.2, -0.15) is 0 Å². The van der Waals surface area contributed by atoms with E-state index in [2.05, 4.69) is 51.6 Å². The molecule has 0 spiro atoms. The van der Waals surface area contributed by atoms with E-state index in [9.17, 15) is 4.79 Å². The quantitative estimate of drug-likeness (QED) is 0.717. The monoisotopic (exact) mass is 347 g/mol. The van der Waals surface area contributed by atoms with Crippen LogP contribution in [0.2, 0.25) is 0 Å². The Hall–Kier alpha value is -2.59. The lowest BCUT2D eigenvalue weighted by Gasteiger charge is -2.16.